The molecule has 1 N–H and O–H groups in total. The molecule has 1 rings (SSSR count). The average molecular weight is 268 g/mol. The van der Waals surface area contributed by atoms with E-state index in [1.165, 1.54) is 45.2 Å². The Morgan fingerprint density at radius 3 is 2.37 bits per heavy atom. The number of nitrogens with zero attached hydrogens (tertiary/aromatic N) is 1. The van der Waals surface area contributed by atoms with E-state index in [4.69, 9.17) is 0 Å². The van der Waals surface area contributed by atoms with E-state index in [1.54, 1.807) is 0 Å². The maximum atomic E-state index is 3.79. The van der Waals surface area contributed by atoms with Crippen LogP contribution in [0, 0.1) is 11.3 Å². The molecule has 0 aromatic heterocycles. The van der Waals surface area contributed by atoms with Crippen LogP contribution in [0.1, 0.15) is 66.7 Å². The third-order valence-corrected chi connectivity index (χ3v) is 4.45. The Balaban J connectivity index is 2.64. The number of hydrogen-bond donors (Lipinski definition) is 1. The minimum absolute atomic E-state index is 0.392. The molecule has 0 bridgehead atoms. The zero-order valence-electron chi connectivity index (χ0n) is 14.1. The maximum Gasteiger partial charge on any atom is 0.0249 e. The molecule has 0 aromatic rings. The van der Waals surface area contributed by atoms with Crippen LogP contribution in [0.3, 0.4) is 0 Å². The molecule has 0 amide bonds. The lowest BCUT2D eigenvalue weighted by atomic mass is 9.79. The lowest BCUT2D eigenvalue weighted by Crippen LogP contribution is -2.53. The van der Waals surface area contributed by atoms with Crippen LogP contribution in [0.2, 0.25) is 0 Å². The van der Waals surface area contributed by atoms with Crippen LogP contribution in [-0.4, -0.2) is 37.1 Å². The fourth-order valence-corrected chi connectivity index (χ4v) is 3.52. The van der Waals surface area contributed by atoms with E-state index in [1.807, 2.05) is 0 Å². The van der Waals surface area contributed by atoms with E-state index in [0.29, 0.717) is 11.5 Å². The maximum absolute atomic E-state index is 3.79. The van der Waals surface area contributed by atoms with Crippen molar-refractivity contribution in [2.45, 2.75) is 78.8 Å². The highest BCUT2D eigenvalue weighted by molar-refractivity contribution is 4.91. The quantitative estimate of drug-likeness (QED) is 0.785. The smallest absolute Gasteiger partial charge is 0.0249 e. The van der Waals surface area contributed by atoms with Gasteiger partial charge in [0, 0.05) is 18.6 Å². The molecular formula is C17H36N2. The first-order valence-electron chi connectivity index (χ1n) is 8.31. The average Bonchev–Trinajstić information content (AvgIpc) is 2.34. The van der Waals surface area contributed by atoms with Gasteiger partial charge in [0.25, 0.3) is 0 Å². The summed E-state index contributed by atoms with van der Waals surface area (Å²) in [6.45, 7) is 14.0. The Hall–Kier alpha value is -0.0800. The molecule has 114 valence electrons. The minimum Gasteiger partial charge on any atom is -0.312 e. The third kappa shape index (κ3) is 5.83. The summed E-state index contributed by atoms with van der Waals surface area (Å²) >= 11 is 0. The van der Waals surface area contributed by atoms with Gasteiger partial charge in [-0.1, -0.05) is 41.0 Å². The van der Waals surface area contributed by atoms with Gasteiger partial charge in [0.15, 0.2) is 0 Å². The van der Waals surface area contributed by atoms with Crippen molar-refractivity contribution in [3.05, 3.63) is 0 Å². The molecule has 1 fully saturated rings. The van der Waals surface area contributed by atoms with Crippen LogP contribution in [-0.2, 0) is 0 Å². The number of rotatable bonds is 6. The van der Waals surface area contributed by atoms with Gasteiger partial charge in [-0.25, -0.2) is 0 Å². The highest BCUT2D eigenvalue weighted by Gasteiger charge is 2.33. The predicted molar refractivity (Wildman–Crippen MR) is 85.6 cm³/mol. The first-order valence-corrected chi connectivity index (χ1v) is 8.31. The molecule has 1 saturated carbocycles. The normalized spacial score (nSPS) is 28.9. The molecule has 0 aromatic carbocycles. The van der Waals surface area contributed by atoms with Gasteiger partial charge in [0.1, 0.15) is 0 Å². The zero-order chi connectivity index (χ0) is 14.5. The zero-order valence-corrected chi connectivity index (χ0v) is 14.1. The fraction of sp³-hybridized carbons (Fsp3) is 1.00. The SMILES string of the molecule is CCCNC1CCC(CC)CC1N(C)CC(C)(C)C. The first-order chi connectivity index (χ1) is 8.87. The predicted octanol–water partition coefficient (Wildman–Crippen LogP) is 3.91. The van der Waals surface area contributed by atoms with Gasteiger partial charge in [-0.05, 0) is 50.6 Å². The summed E-state index contributed by atoms with van der Waals surface area (Å²) in [7, 11) is 2.33. The van der Waals surface area contributed by atoms with E-state index in [0.717, 1.165) is 12.0 Å². The second-order valence-electron chi connectivity index (χ2n) is 7.69. The van der Waals surface area contributed by atoms with E-state index in [-0.39, 0.29) is 0 Å². The van der Waals surface area contributed by atoms with Crippen LogP contribution in [0.4, 0.5) is 0 Å². The van der Waals surface area contributed by atoms with Gasteiger partial charge in [-0.15, -0.1) is 0 Å². The Morgan fingerprint density at radius 2 is 1.84 bits per heavy atom. The molecule has 0 radical (unpaired) electrons. The van der Waals surface area contributed by atoms with E-state index in [2.05, 4.69) is 51.9 Å². The third-order valence-electron chi connectivity index (χ3n) is 4.45. The molecule has 19 heavy (non-hydrogen) atoms. The summed E-state index contributed by atoms with van der Waals surface area (Å²) in [5, 5.41) is 3.79. The van der Waals surface area contributed by atoms with Crippen LogP contribution in [0.5, 0.6) is 0 Å². The summed E-state index contributed by atoms with van der Waals surface area (Å²) < 4.78 is 0. The molecule has 1 aliphatic carbocycles. The van der Waals surface area contributed by atoms with Crippen LogP contribution in [0.25, 0.3) is 0 Å². The second-order valence-corrected chi connectivity index (χ2v) is 7.69. The van der Waals surface area contributed by atoms with Crippen molar-refractivity contribution in [3.8, 4) is 0 Å². The van der Waals surface area contributed by atoms with Crippen molar-refractivity contribution in [1.29, 1.82) is 0 Å². The molecule has 1 aliphatic rings. The highest BCUT2D eigenvalue weighted by Crippen LogP contribution is 2.31. The summed E-state index contributed by atoms with van der Waals surface area (Å²) in [5.74, 6) is 0.937. The highest BCUT2D eigenvalue weighted by atomic mass is 15.2. The van der Waals surface area contributed by atoms with Gasteiger partial charge in [-0.2, -0.15) is 0 Å². The Morgan fingerprint density at radius 1 is 1.16 bits per heavy atom. The van der Waals surface area contributed by atoms with Crippen molar-refractivity contribution in [2.24, 2.45) is 11.3 Å². The Labute approximate surface area is 121 Å². The molecule has 2 heteroatoms. The topological polar surface area (TPSA) is 15.3 Å². The largest absolute Gasteiger partial charge is 0.312 e. The fourth-order valence-electron chi connectivity index (χ4n) is 3.52. The van der Waals surface area contributed by atoms with Crippen molar-refractivity contribution in [1.82, 2.24) is 10.2 Å². The summed E-state index contributed by atoms with van der Waals surface area (Å²) in [6.07, 6.45) is 6.74. The molecule has 0 aliphatic heterocycles. The van der Waals surface area contributed by atoms with Crippen molar-refractivity contribution in [3.63, 3.8) is 0 Å². The van der Waals surface area contributed by atoms with E-state index in [9.17, 15) is 0 Å². The Bertz CT molecular complexity index is 244. The van der Waals surface area contributed by atoms with Gasteiger partial charge in [-0.3, -0.25) is 0 Å². The molecular weight excluding hydrogens is 232 g/mol. The van der Waals surface area contributed by atoms with E-state index < -0.39 is 0 Å². The number of hydrogen-bond acceptors (Lipinski definition) is 2. The molecule has 3 atom stereocenters. The van der Waals surface area contributed by atoms with Crippen molar-refractivity contribution < 1.29 is 0 Å². The number of likely N-dealkylation sites (N-methyl/N-ethyl adjacent to an activating group) is 1. The Kier molecular flexibility index (Phi) is 6.82. The van der Waals surface area contributed by atoms with Crippen LogP contribution in [0.15, 0.2) is 0 Å². The summed E-state index contributed by atoms with van der Waals surface area (Å²) in [4.78, 5) is 2.62. The standard InChI is InChI=1S/C17H36N2/c1-7-11-18-15-10-9-14(8-2)12-16(15)19(6)13-17(3,4)5/h14-16,18H,7-13H2,1-6H3. The van der Waals surface area contributed by atoms with Gasteiger partial charge in [0.2, 0.25) is 0 Å². The van der Waals surface area contributed by atoms with Crippen LogP contribution >= 0.6 is 0 Å². The first kappa shape index (κ1) is 17.0. The molecule has 0 heterocycles. The lowest BCUT2D eigenvalue weighted by molar-refractivity contribution is 0.0894. The molecule has 2 nitrogen and oxygen atoms in total. The minimum atomic E-state index is 0.392. The lowest BCUT2D eigenvalue weighted by Gasteiger charge is -2.43. The number of nitrogens with one attached hydrogen (secondary N) is 1. The van der Waals surface area contributed by atoms with E-state index >= 15 is 0 Å². The summed E-state index contributed by atoms with van der Waals surface area (Å²) in [5.41, 5.74) is 0.392. The monoisotopic (exact) mass is 268 g/mol. The van der Waals surface area contributed by atoms with Crippen molar-refractivity contribution >= 4 is 0 Å². The molecule has 0 spiro atoms. The summed E-state index contributed by atoms with van der Waals surface area (Å²) in [6, 6.07) is 1.43. The van der Waals surface area contributed by atoms with Gasteiger partial charge >= 0.3 is 0 Å². The van der Waals surface area contributed by atoms with Gasteiger partial charge < -0.3 is 10.2 Å². The molecule has 0 saturated heterocycles. The van der Waals surface area contributed by atoms with Crippen molar-refractivity contribution in [2.75, 3.05) is 20.1 Å². The second kappa shape index (κ2) is 7.64. The molecule has 3 unspecified atom stereocenters. The van der Waals surface area contributed by atoms with Crippen LogP contribution < -0.4 is 5.32 Å². The van der Waals surface area contributed by atoms with Gasteiger partial charge in [0.05, 0.1) is 0 Å².